The number of pyridine rings is 1. The fourth-order valence-electron chi connectivity index (χ4n) is 2.16. The van der Waals surface area contributed by atoms with Gasteiger partial charge >= 0.3 is 5.97 Å². The van der Waals surface area contributed by atoms with Gasteiger partial charge in [-0.15, -0.1) is 0 Å². The smallest absolute Gasteiger partial charge is 0.337 e. The van der Waals surface area contributed by atoms with E-state index in [2.05, 4.69) is 4.98 Å². The maximum Gasteiger partial charge on any atom is 0.337 e. The van der Waals surface area contributed by atoms with Gasteiger partial charge in [-0.2, -0.15) is 0 Å². The minimum Gasteiger partial charge on any atom is -0.478 e. The number of allylic oxidation sites excluding steroid dienone is 5. The Bertz CT molecular complexity index is 896. The summed E-state index contributed by atoms with van der Waals surface area (Å²) in [5, 5.41) is 9.06. The average Bonchev–Trinajstić information content (AvgIpc) is 2.65. The Morgan fingerprint density at radius 2 is 2.08 bits per heavy atom. The number of nitrogens with zero attached hydrogens (tertiary/aromatic N) is 2. The summed E-state index contributed by atoms with van der Waals surface area (Å²) in [6, 6.07) is 2.93. The van der Waals surface area contributed by atoms with Gasteiger partial charge in [-0.05, 0) is 30.2 Å². The molecule has 0 aromatic carbocycles. The molecule has 0 saturated heterocycles. The van der Waals surface area contributed by atoms with E-state index in [9.17, 15) is 9.59 Å². The molecule has 0 bridgehead atoms. The van der Waals surface area contributed by atoms with Crippen LogP contribution in [-0.4, -0.2) is 20.5 Å². The van der Waals surface area contributed by atoms with Crippen LogP contribution in [0, 0.1) is 0 Å². The van der Waals surface area contributed by atoms with E-state index in [1.807, 2.05) is 39.0 Å². The zero-order valence-electron chi connectivity index (χ0n) is 15.1. The molecule has 0 saturated carbocycles. The van der Waals surface area contributed by atoms with Gasteiger partial charge < -0.3 is 5.11 Å². The lowest BCUT2D eigenvalue weighted by atomic mass is 10.1. The maximum atomic E-state index is 12.6. The van der Waals surface area contributed by atoms with E-state index in [1.165, 1.54) is 34.5 Å². The van der Waals surface area contributed by atoms with Crippen LogP contribution >= 0.6 is 11.6 Å². The lowest BCUT2D eigenvalue weighted by Gasteiger charge is -2.06. The molecule has 1 N–H and O–H groups in total. The van der Waals surface area contributed by atoms with Gasteiger partial charge in [-0.3, -0.25) is 9.20 Å². The molecule has 0 radical (unpaired) electrons. The highest BCUT2D eigenvalue weighted by molar-refractivity contribution is 6.25. The number of fused-ring (bicyclic) bond motifs is 1. The number of rotatable bonds is 6. The number of carbonyl (C=O) groups is 1. The highest BCUT2D eigenvalue weighted by Gasteiger charge is 2.09. The van der Waals surface area contributed by atoms with E-state index >= 15 is 0 Å². The zero-order chi connectivity index (χ0) is 19.5. The van der Waals surface area contributed by atoms with Gasteiger partial charge in [0.1, 0.15) is 5.65 Å². The first-order valence-corrected chi connectivity index (χ1v) is 8.86. The highest BCUT2D eigenvalue weighted by atomic mass is 35.5. The van der Waals surface area contributed by atoms with Gasteiger partial charge in [-0.25, -0.2) is 9.78 Å². The third-order valence-corrected chi connectivity index (χ3v) is 3.50. The van der Waals surface area contributed by atoms with Crippen LogP contribution in [0.2, 0.25) is 0 Å². The predicted octanol–water partition coefficient (Wildman–Crippen LogP) is 4.61. The molecule has 0 aliphatic carbocycles. The summed E-state index contributed by atoms with van der Waals surface area (Å²) in [5.41, 5.74) is 2.84. The summed E-state index contributed by atoms with van der Waals surface area (Å²) in [5.74, 6) is -1.09. The average molecular weight is 375 g/mol. The van der Waals surface area contributed by atoms with E-state index in [1.54, 1.807) is 6.08 Å². The molecule has 0 aliphatic rings. The number of carboxylic acid groups (broad SMARTS) is 1. The van der Waals surface area contributed by atoms with Crippen molar-refractivity contribution < 1.29 is 9.90 Å². The van der Waals surface area contributed by atoms with Gasteiger partial charge in [0, 0.05) is 29.9 Å². The van der Waals surface area contributed by atoms with Crippen molar-refractivity contribution in [2.24, 2.45) is 0 Å². The lowest BCUT2D eigenvalue weighted by molar-refractivity contribution is 0.0696. The van der Waals surface area contributed by atoms with E-state index in [4.69, 9.17) is 16.7 Å². The van der Waals surface area contributed by atoms with Gasteiger partial charge in [-0.1, -0.05) is 50.6 Å². The molecule has 138 valence electrons. The van der Waals surface area contributed by atoms with Crippen molar-refractivity contribution in [2.75, 3.05) is 0 Å². The summed E-state index contributed by atoms with van der Waals surface area (Å²) >= 11 is 5.66. The van der Waals surface area contributed by atoms with Crippen LogP contribution in [-0.2, 0) is 6.42 Å². The lowest BCUT2D eigenvalue weighted by Crippen LogP contribution is -2.20. The van der Waals surface area contributed by atoms with Crippen LogP contribution in [0.3, 0.4) is 0 Å². The highest BCUT2D eigenvalue weighted by Crippen LogP contribution is 2.09. The Morgan fingerprint density at radius 3 is 2.69 bits per heavy atom. The Kier molecular flexibility index (Phi) is 9.09. The SMILES string of the molecule is CC.CC/C=C/C=C(\C=C\Cl)Cc1cnc2ccc(C(=O)O)cn2c1=O. The first-order valence-electron chi connectivity index (χ1n) is 8.43. The first-order chi connectivity index (χ1) is 12.6. The first kappa shape index (κ1) is 21.4. The van der Waals surface area contributed by atoms with Crippen LogP contribution in [0.25, 0.3) is 5.65 Å². The molecule has 5 nitrogen and oxygen atoms in total. The largest absolute Gasteiger partial charge is 0.478 e. The molecule has 0 amide bonds. The summed E-state index contributed by atoms with van der Waals surface area (Å²) in [6.07, 6.45) is 11.5. The molecule has 2 rings (SSSR count). The molecule has 2 heterocycles. The van der Waals surface area contributed by atoms with Crippen LogP contribution < -0.4 is 5.56 Å². The molecule has 0 atom stereocenters. The maximum absolute atomic E-state index is 12.6. The fraction of sp³-hybridized carbons (Fsp3) is 0.250. The van der Waals surface area contributed by atoms with E-state index < -0.39 is 5.97 Å². The number of hydrogen-bond donors (Lipinski definition) is 1. The van der Waals surface area contributed by atoms with Crippen molar-refractivity contribution in [3.8, 4) is 0 Å². The second-order valence-corrected chi connectivity index (χ2v) is 5.34. The Morgan fingerprint density at radius 1 is 1.35 bits per heavy atom. The second kappa shape index (κ2) is 11.1. The van der Waals surface area contributed by atoms with Crippen molar-refractivity contribution in [1.82, 2.24) is 9.38 Å². The number of halogens is 1. The van der Waals surface area contributed by atoms with Gasteiger partial charge in [0.15, 0.2) is 0 Å². The summed E-state index contributed by atoms with van der Waals surface area (Å²) < 4.78 is 1.25. The van der Waals surface area contributed by atoms with Gasteiger partial charge in [0.2, 0.25) is 0 Å². The number of hydrogen-bond acceptors (Lipinski definition) is 3. The van der Waals surface area contributed by atoms with Crippen LogP contribution in [0.5, 0.6) is 0 Å². The molecule has 26 heavy (non-hydrogen) atoms. The topological polar surface area (TPSA) is 71.7 Å². The normalized spacial score (nSPS) is 11.8. The monoisotopic (exact) mass is 374 g/mol. The van der Waals surface area contributed by atoms with Crippen molar-refractivity contribution in [1.29, 1.82) is 0 Å². The quantitative estimate of drug-likeness (QED) is 0.749. The molecule has 0 spiro atoms. The molecular weight excluding hydrogens is 352 g/mol. The Balaban J connectivity index is 0.00000163. The van der Waals surface area contributed by atoms with Crippen LogP contribution in [0.1, 0.15) is 43.1 Å². The number of aromatic nitrogens is 2. The third-order valence-electron chi connectivity index (χ3n) is 3.37. The predicted molar refractivity (Wildman–Crippen MR) is 106 cm³/mol. The van der Waals surface area contributed by atoms with E-state index in [-0.39, 0.29) is 11.1 Å². The molecular formula is C20H23ClN2O3. The Labute approximate surface area is 158 Å². The van der Waals surface area contributed by atoms with Crippen molar-refractivity contribution in [3.05, 3.63) is 81.4 Å². The number of carboxylic acids is 1. The minimum atomic E-state index is -1.09. The standard InChI is InChI=1S/C18H17ClN2O3.C2H6/c1-2-3-4-5-13(8-9-19)10-15-11-20-16-7-6-14(18(23)24)12-21(16)17(15)22;1-2/h3-9,11-12H,2,10H2,1H3,(H,23,24);1-2H3/b4-3+,9-8+,13-5+;. The van der Waals surface area contributed by atoms with Crippen LogP contribution in [0.4, 0.5) is 0 Å². The van der Waals surface area contributed by atoms with E-state index in [0.29, 0.717) is 17.6 Å². The molecule has 2 aromatic rings. The summed E-state index contributed by atoms with van der Waals surface area (Å²) in [7, 11) is 0. The van der Waals surface area contributed by atoms with Crippen molar-refractivity contribution in [3.63, 3.8) is 0 Å². The number of aromatic carboxylic acids is 1. The minimum absolute atomic E-state index is 0.0332. The van der Waals surface area contributed by atoms with Crippen molar-refractivity contribution >= 4 is 23.2 Å². The fourth-order valence-corrected chi connectivity index (χ4v) is 2.33. The zero-order valence-corrected chi connectivity index (χ0v) is 15.9. The molecule has 0 fully saturated rings. The molecule has 0 unspecified atom stereocenters. The third kappa shape index (κ3) is 5.70. The van der Waals surface area contributed by atoms with Crippen molar-refractivity contribution in [2.45, 2.75) is 33.6 Å². The Hall–Kier alpha value is -2.66. The van der Waals surface area contributed by atoms with Crippen LogP contribution in [0.15, 0.2) is 64.7 Å². The van der Waals surface area contributed by atoms with Gasteiger partial charge in [0.25, 0.3) is 5.56 Å². The summed E-state index contributed by atoms with van der Waals surface area (Å²) in [4.78, 5) is 27.9. The summed E-state index contributed by atoms with van der Waals surface area (Å²) in [6.45, 7) is 6.03. The molecule has 6 heteroatoms. The molecule has 2 aromatic heterocycles. The van der Waals surface area contributed by atoms with E-state index in [0.717, 1.165) is 12.0 Å². The van der Waals surface area contributed by atoms with Gasteiger partial charge in [0.05, 0.1) is 5.56 Å². The molecule has 0 aliphatic heterocycles. The second-order valence-electron chi connectivity index (χ2n) is 5.09.